The van der Waals surface area contributed by atoms with E-state index in [0.717, 1.165) is 5.56 Å². The minimum atomic E-state index is -0.0408. The van der Waals surface area contributed by atoms with Gasteiger partial charge in [-0.25, -0.2) is 9.97 Å². The summed E-state index contributed by atoms with van der Waals surface area (Å²) in [5.41, 5.74) is 1.61. The van der Waals surface area contributed by atoms with Crippen LogP contribution in [0.5, 0.6) is 0 Å². The SMILES string of the molecule is OCc1cnc(-c2ccc(Cl)cc2)nc1. The van der Waals surface area contributed by atoms with Crippen LogP contribution in [0.25, 0.3) is 11.4 Å². The highest BCUT2D eigenvalue weighted by molar-refractivity contribution is 6.30. The van der Waals surface area contributed by atoms with Gasteiger partial charge in [0.25, 0.3) is 0 Å². The van der Waals surface area contributed by atoms with E-state index in [9.17, 15) is 0 Å². The molecule has 1 N–H and O–H groups in total. The first kappa shape index (κ1) is 10.1. The van der Waals surface area contributed by atoms with Crippen LogP contribution in [-0.4, -0.2) is 15.1 Å². The van der Waals surface area contributed by atoms with Gasteiger partial charge in [-0.3, -0.25) is 0 Å². The van der Waals surface area contributed by atoms with Crippen molar-refractivity contribution in [2.75, 3.05) is 0 Å². The molecule has 0 saturated heterocycles. The molecule has 76 valence electrons. The number of benzene rings is 1. The third-order valence-electron chi connectivity index (χ3n) is 1.99. The van der Waals surface area contributed by atoms with E-state index in [4.69, 9.17) is 16.7 Å². The average Bonchev–Trinajstić information content (AvgIpc) is 2.30. The van der Waals surface area contributed by atoms with E-state index in [1.54, 1.807) is 24.5 Å². The van der Waals surface area contributed by atoms with Gasteiger partial charge in [-0.05, 0) is 24.3 Å². The van der Waals surface area contributed by atoms with Gasteiger partial charge in [-0.15, -0.1) is 0 Å². The first-order valence-corrected chi connectivity index (χ1v) is 4.85. The van der Waals surface area contributed by atoms with Gasteiger partial charge in [0.05, 0.1) is 6.61 Å². The Labute approximate surface area is 92.4 Å². The summed E-state index contributed by atoms with van der Waals surface area (Å²) in [5.74, 6) is 0.629. The number of rotatable bonds is 2. The third kappa shape index (κ3) is 2.32. The van der Waals surface area contributed by atoms with E-state index < -0.39 is 0 Å². The van der Waals surface area contributed by atoms with Crippen LogP contribution < -0.4 is 0 Å². The molecule has 15 heavy (non-hydrogen) atoms. The molecule has 2 rings (SSSR count). The van der Waals surface area contributed by atoms with E-state index in [0.29, 0.717) is 16.4 Å². The average molecular weight is 221 g/mol. The van der Waals surface area contributed by atoms with Crippen LogP contribution in [0.1, 0.15) is 5.56 Å². The van der Waals surface area contributed by atoms with Crippen molar-refractivity contribution in [3.05, 3.63) is 47.2 Å². The summed E-state index contributed by atoms with van der Waals surface area (Å²) in [6, 6.07) is 7.30. The van der Waals surface area contributed by atoms with Crippen molar-refractivity contribution in [2.24, 2.45) is 0 Å². The second kappa shape index (κ2) is 4.38. The molecule has 0 bridgehead atoms. The molecule has 0 unspecified atom stereocenters. The van der Waals surface area contributed by atoms with Crippen LogP contribution in [-0.2, 0) is 6.61 Å². The molecule has 0 fully saturated rings. The summed E-state index contributed by atoms with van der Waals surface area (Å²) in [6.07, 6.45) is 3.22. The molecule has 0 atom stereocenters. The molecule has 0 radical (unpaired) electrons. The summed E-state index contributed by atoms with van der Waals surface area (Å²) in [5, 5.41) is 9.52. The van der Waals surface area contributed by atoms with Crippen LogP contribution in [0.15, 0.2) is 36.7 Å². The number of aromatic nitrogens is 2. The predicted octanol–water partition coefficient (Wildman–Crippen LogP) is 2.29. The lowest BCUT2D eigenvalue weighted by Gasteiger charge is -2.00. The van der Waals surface area contributed by atoms with Crippen LogP contribution in [0, 0.1) is 0 Å². The fourth-order valence-electron chi connectivity index (χ4n) is 1.18. The van der Waals surface area contributed by atoms with Crippen LogP contribution >= 0.6 is 11.6 Å². The molecule has 1 heterocycles. The fraction of sp³-hybridized carbons (Fsp3) is 0.0909. The molecule has 1 aromatic heterocycles. The maximum Gasteiger partial charge on any atom is 0.159 e. The molecule has 3 nitrogen and oxygen atoms in total. The number of hydrogen-bond acceptors (Lipinski definition) is 3. The summed E-state index contributed by atoms with van der Waals surface area (Å²) in [7, 11) is 0. The molecule has 0 saturated carbocycles. The Balaban J connectivity index is 2.33. The van der Waals surface area contributed by atoms with Gasteiger partial charge in [0, 0.05) is 28.5 Å². The summed E-state index contributed by atoms with van der Waals surface area (Å²) in [4.78, 5) is 8.27. The Bertz CT molecular complexity index is 439. The smallest absolute Gasteiger partial charge is 0.159 e. The first-order valence-electron chi connectivity index (χ1n) is 4.47. The lowest BCUT2D eigenvalue weighted by Crippen LogP contribution is -1.91. The number of aliphatic hydroxyl groups is 1. The molecule has 0 aliphatic carbocycles. The minimum Gasteiger partial charge on any atom is -0.392 e. The summed E-state index contributed by atoms with van der Waals surface area (Å²) >= 11 is 5.77. The molecule has 1 aromatic carbocycles. The van der Waals surface area contributed by atoms with Crippen molar-refractivity contribution in [1.82, 2.24) is 9.97 Å². The fourth-order valence-corrected chi connectivity index (χ4v) is 1.31. The van der Waals surface area contributed by atoms with Gasteiger partial charge in [-0.2, -0.15) is 0 Å². The molecule has 0 spiro atoms. The zero-order valence-electron chi connectivity index (χ0n) is 7.89. The zero-order chi connectivity index (χ0) is 10.7. The second-order valence-electron chi connectivity index (χ2n) is 3.08. The van der Waals surface area contributed by atoms with Gasteiger partial charge in [0.15, 0.2) is 5.82 Å². The Kier molecular flexibility index (Phi) is 2.94. The van der Waals surface area contributed by atoms with Gasteiger partial charge >= 0.3 is 0 Å². The van der Waals surface area contributed by atoms with Crippen molar-refractivity contribution >= 4 is 11.6 Å². The number of aliphatic hydroxyl groups excluding tert-OH is 1. The number of hydrogen-bond donors (Lipinski definition) is 1. The van der Waals surface area contributed by atoms with Gasteiger partial charge in [0.2, 0.25) is 0 Å². The molecule has 0 aliphatic rings. The number of halogens is 1. The first-order chi connectivity index (χ1) is 7.29. The van der Waals surface area contributed by atoms with Crippen molar-refractivity contribution in [3.63, 3.8) is 0 Å². The van der Waals surface area contributed by atoms with E-state index in [-0.39, 0.29) is 6.61 Å². The Morgan fingerprint density at radius 2 is 1.67 bits per heavy atom. The van der Waals surface area contributed by atoms with Crippen molar-refractivity contribution in [1.29, 1.82) is 0 Å². The molecule has 4 heteroatoms. The Hall–Kier alpha value is -1.45. The van der Waals surface area contributed by atoms with Crippen molar-refractivity contribution in [3.8, 4) is 11.4 Å². The standard InChI is InChI=1S/C11H9ClN2O/c12-10-3-1-9(2-4-10)11-13-5-8(7-15)6-14-11/h1-6,15H,7H2. The molecule has 0 amide bonds. The zero-order valence-corrected chi connectivity index (χ0v) is 8.65. The highest BCUT2D eigenvalue weighted by Crippen LogP contribution is 2.17. The van der Waals surface area contributed by atoms with E-state index in [1.807, 2.05) is 12.1 Å². The summed E-state index contributed by atoms with van der Waals surface area (Å²) < 4.78 is 0. The van der Waals surface area contributed by atoms with E-state index in [1.165, 1.54) is 0 Å². The normalized spacial score (nSPS) is 10.3. The Morgan fingerprint density at radius 1 is 1.07 bits per heavy atom. The highest BCUT2D eigenvalue weighted by Gasteiger charge is 2.00. The number of nitrogens with zero attached hydrogens (tertiary/aromatic N) is 2. The largest absolute Gasteiger partial charge is 0.392 e. The van der Waals surface area contributed by atoms with Gasteiger partial charge in [-0.1, -0.05) is 11.6 Å². The molecule has 2 aromatic rings. The van der Waals surface area contributed by atoms with Crippen LogP contribution in [0.2, 0.25) is 5.02 Å². The maximum absolute atomic E-state index is 8.84. The van der Waals surface area contributed by atoms with Crippen LogP contribution in [0.3, 0.4) is 0 Å². The summed E-state index contributed by atoms with van der Waals surface area (Å²) in [6.45, 7) is -0.0408. The molecular weight excluding hydrogens is 212 g/mol. The lowest BCUT2D eigenvalue weighted by molar-refractivity contribution is 0.281. The van der Waals surface area contributed by atoms with E-state index >= 15 is 0 Å². The van der Waals surface area contributed by atoms with Crippen LogP contribution in [0.4, 0.5) is 0 Å². The lowest BCUT2D eigenvalue weighted by atomic mass is 10.2. The highest BCUT2D eigenvalue weighted by atomic mass is 35.5. The predicted molar refractivity (Wildman–Crippen MR) is 58.4 cm³/mol. The topological polar surface area (TPSA) is 46.0 Å². The van der Waals surface area contributed by atoms with Gasteiger partial charge in [0.1, 0.15) is 0 Å². The Morgan fingerprint density at radius 3 is 2.20 bits per heavy atom. The third-order valence-corrected chi connectivity index (χ3v) is 2.24. The monoisotopic (exact) mass is 220 g/mol. The quantitative estimate of drug-likeness (QED) is 0.845. The maximum atomic E-state index is 8.84. The van der Waals surface area contributed by atoms with Crippen molar-refractivity contribution in [2.45, 2.75) is 6.61 Å². The minimum absolute atomic E-state index is 0.0408. The van der Waals surface area contributed by atoms with Gasteiger partial charge < -0.3 is 5.11 Å². The van der Waals surface area contributed by atoms with E-state index in [2.05, 4.69) is 9.97 Å². The molecule has 0 aliphatic heterocycles. The molecular formula is C11H9ClN2O. The van der Waals surface area contributed by atoms with Crippen molar-refractivity contribution < 1.29 is 5.11 Å². The second-order valence-corrected chi connectivity index (χ2v) is 3.52.